The molecule has 0 aromatic carbocycles. The van der Waals surface area contributed by atoms with Crippen LogP contribution < -0.4 is 0 Å². The second-order valence-electron chi connectivity index (χ2n) is 2.42. The number of carbonyl (C=O) groups excluding carboxylic acids is 1. The highest BCUT2D eigenvalue weighted by atomic mass is 16.6. The molecule has 0 saturated carbocycles. The van der Waals surface area contributed by atoms with Crippen molar-refractivity contribution in [1.82, 2.24) is 0 Å². The monoisotopic (exact) mass is 197 g/mol. The fourth-order valence-corrected chi connectivity index (χ4v) is 0.667. The summed E-state index contributed by atoms with van der Waals surface area (Å²) in [7, 11) is 0. The smallest absolute Gasteiger partial charge is 0.307 e. The summed E-state index contributed by atoms with van der Waals surface area (Å²) in [5, 5.41) is 10.3. The predicted octanol–water partition coefficient (Wildman–Crippen LogP) is 1.80. The molecule has 0 rings (SSSR count). The van der Waals surface area contributed by atoms with Crippen LogP contribution in [0.5, 0.6) is 0 Å². The van der Waals surface area contributed by atoms with Gasteiger partial charge in [0.1, 0.15) is 5.76 Å². The van der Waals surface area contributed by atoms with E-state index in [1.807, 2.05) is 0 Å². The Hall–Kier alpha value is -1.91. The first kappa shape index (κ1) is 12.1. The Morgan fingerprint density at radius 1 is 1.43 bits per heavy atom. The van der Waals surface area contributed by atoms with Gasteiger partial charge in [-0.25, -0.2) is 0 Å². The zero-order valence-electron chi connectivity index (χ0n) is 8.02. The number of ether oxygens (including phenoxy) is 1. The van der Waals surface area contributed by atoms with Crippen molar-refractivity contribution in [3.8, 4) is 0 Å². The van der Waals surface area contributed by atoms with Crippen molar-refractivity contribution in [3.63, 3.8) is 0 Å². The number of nitrogens with zero attached hydrogens (tertiary/aromatic N) is 1. The fraction of sp³-hybridized carbons (Fsp3) is 0.222. The summed E-state index contributed by atoms with van der Waals surface area (Å²) >= 11 is 0. The van der Waals surface area contributed by atoms with Crippen molar-refractivity contribution in [2.24, 2.45) is 0 Å². The Kier molecular flexibility index (Phi) is 4.91. The molecule has 0 atom stereocenters. The molecule has 0 N–H and O–H groups in total. The van der Waals surface area contributed by atoms with Crippen LogP contribution in [0.3, 0.4) is 0 Å². The number of esters is 1. The summed E-state index contributed by atoms with van der Waals surface area (Å²) in [5.74, 6) is -0.174. The molecule has 76 valence electrons. The number of carbonyl (C=O) groups is 1. The zero-order valence-corrected chi connectivity index (χ0v) is 8.02. The van der Waals surface area contributed by atoms with Crippen LogP contribution >= 0.6 is 0 Å². The van der Waals surface area contributed by atoms with Gasteiger partial charge in [0.05, 0.1) is 4.92 Å². The van der Waals surface area contributed by atoms with Gasteiger partial charge in [-0.05, 0) is 13.0 Å². The maximum atomic E-state index is 10.5. The van der Waals surface area contributed by atoms with E-state index in [1.165, 1.54) is 26.0 Å². The van der Waals surface area contributed by atoms with Crippen molar-refractivity contribution in [2.45, 2.75) is 13.8 Å². The molecule has 0 aromatic heterocycles. The summed E-state index contributed by atoms with van der Waals surface area (Å²) in [4.78, 5) is 20.2. The summed E-state index contributed by atoms with van der Waals surface area (Å²) < 4.78 is 4.65. The molecule has 0 amide bonds. The normalized spacial score (nSPS) is 12.1. The first-order valence-corrected chi connectivity index (χ1v) is 3.81. The molecule has 0 bridgehead atoms. The molecule has 0 saturated heterocycles. The quantitative estimate of drug-likeness (QED) is 0.226. The SMILES string of the molecule is C=C/C(=C\C=C(/C)OC(C)=O)[N+](=O)[O-]. The van der Waals surface area contributed by atoms with Crippen LogP contribution in [0.2, 0.25) is 0 Å². The number of hydrogen-bond acceptors (Lipinski definition) is 4. The van der Waals surface area contributed by atoms with Gasteiger partial charge in [-0.1, -0.05) is 6.58 Å². The van der Waals surface area contributed by atoms with Crippen LogP contribution in [0.25, 0.3) is 0 Å². The largest absolute Gasteiger partial charge is 0.432 e. The number of rotatable bonds is 4. The third kappa shape index (κ3) is 4.87. The molecule has 0 fully saturated rings. The van der Waals surface area contributed by atoms with Crippen LogP contribution in [-0.2, 0) is 9.53 Å². The van der Waals surface area contributed by atoms with Gasteiger partial charge in [0, 0.05) is 19.1 Å². The third-order valence-corrected chi connectivity index (χ3v) is 1.21. The predicted molar refractivity (Wildman–Crippen MR) is 50.8 cm³/mol. The van der Waals surface area contributed by atoms with E-state index in [9.17, 15) is 14.9 Å². The summed E-state index contributed by atoms with van der Waals surface area (Å²) in [6.07, 6.45) is 3.66. The van der Waals surface area contributed by atoms with E-state index in [4.69, 9.17) is 0 Å². The lowest BCUT2D eigenvalue weighted by molar-refractivity contribution is -0.418. The summed E-state index contributed by atoms with van der Waals surface area (Å²) in [5.41, 5.74) is -0.156. The van der Waals surface area contributed by atoms with Crippen LogP contribution in [0.1, 0.15) is 13.8 Å². The highest BCUT2D eigenvalue weighted by Gasteiger charge is 2.02. The lowest BCUT2D eigenvalue weighted by Crippen LogP contribution is -1.96. The highest BCUT2D eigenvalue weighted by molar-refractivity contribution is 5.67. The van der Waals surface area contributed by atoms with Crippen molar-refractivity contribution in [2.75, 3.05) is 0 Å². The molecule has 5 nitrogen and oxygen atoms in total. The average Bonchev–Trinajstić information content (AvgIpc) is 2.03. The van der Waals surface area contributed by atoms with Crippen molar-refractivity contribution in [1.29, 1.82) is 0 Å². The fourth-order valence-electron chi connectivity index (χ4n) is 0.667. The van der Waals surface area contributed by atoms with Crippen molar-refractivity contribution < 1.29 is 14.5 Å². The Labute approximate surface area is 81.5 Å². The molecule has 0 aromatic rings. The van der Waals surface area contributed by atoms with Gasteiger partial charge in [-0.2, -0.15) is 0 Å². The van der Waals surface area contributed by atoms with E-state index >= 15 is 0 Å². The van der Waals surface area contributed by atoms with Crippen LogP contribution in [-0.4, -0.2) is 10.9 Å². The lowest BCUT2D eigenvalue weighted by atomic mass is 10.3. The van der Waals surface area contributed by atoms with Gasteiger partial charge in [-0.15, -0.1) is 0 Å². The molecular weight excluding hydrogens is 186 g/mol. The molecule has 5 heteroatoms. The van der Waals surface area contributed by atoms with Gasteiger partial charge in [0.15, 0.2) is 0 Å². The van der Waals surface area contributed by atoms with Crippen LogP contribution in [0.15, 0.2) is 36.3 Å². The van der Waals surface area contributed by atoms with Crippen LogP contribution in [0.4, 0.5) is 0 Å². The molecule has 0 aliphatic heterocycles. The van der Waals surface area contributed by atoms with Gasteiger partial charge in [0.25, 0.3) is 5.70 Å². The Bertz CT molecular complexity index is 315. The molecule has 0 aliphatic carbocycles. The van der Waals surface area contributed by atoms with E-state index in [1.54, 1.807) is 0 Å². The first-order valence-electron chi connectivity index (χ1n) is 3.81. The summed E-state index contributed by atoms with van der Waals surface area (Å²) in [6, 6.07) is 0. The standard InChI is InChI=1S/C9H11NO4/c1-4-9(10(12)13)6-5-7(2)14-8(3)11/h4-6H,1H2,2-3H3/b7-5+,9-6+. The maximum Gasteiger partial charge on any atom is 0.307 e. The number of nitro groups is 1. The number of hydrogen-bond donors (Lipinski definition) is 0. The number of allylic oxidation sites excluding steroid dienone is 4. The Morgan fingerprint density at radius 2 is 2.00 bits per heavy atom. The van der Waals surface area contributed by atoms with Crippen LogP contribution in [0, 0.1) is 10.1 Å². The molecule has 0 aliphatic rings. The molecule has 14 heavy (non-hydrogen) atoms. The van der Waals surface area contributed by atoms with Gasteiger partial charge < -0.3 is 4.74 Å². The first-order chi connectivity index (χ1) is 6.47. The minimum atomic E-state index is -0.579. The molecule has 0 heterocycles. The molecular formula is C9H11NO4. The molecule has 0 radical (unpaired) electrons. The molecule has 0 spiro atoms. The summed E-state index contributed by atoms with van der Waals surface area (Å²) in [6.45, 7) is 6.05. The lowest BCUT2D eigenvalue weighted by Gasteiger charge is -1.97. The molecule has 0 unspecified atom stereocenters. The minimum Gasteiger partial charge on any atom is -0.432 e. The van der Waals surface area contributed by atoms with E-state index in [2.05, 4.69) is 11.3 Å². The van der Waals surface area contributed by atoms with E-state index in [0.717, 1.165) is 6.08 Å². The Balaban J connectivity index is 4.57. The highest BCUT2D eigenvalue weighted by Crippen LogP contribution is 2.01. The second kappa shape index (κ2) is 5.69. The van der Waals surface area contributed by atoms with Gasteiger partial charge >= 0.3 is 5.97 Å². The van der Waals surface area contributed by atoms with Gasteiger partial charge in [0.2, 0.25) is 0 Å². The third-order valence-electron chi connectivity index (χ3n) is 1.21. The Morgan fingerprint density at radius 3 is 2.36 bits per heavy atom. The topological polar surface area (TPSA) is 69.4 Å². The maximum absolute atomic E-state index is 10.5. The average molecular weight is 197 g/mol. The minimum absolute atomic E-state index is 0.156. The van der Waals surface area contributed by atoms with E-state index < -0.39 is 10.9 Å². The van der Waals surface area contributed by atoms with E-state index in [0.29, 0.717) is 5.76 Å². The van der Waals surface area contributed by atoms with Gasteiger partial charge in [-0.3, -0.25) is 14.9 Å². The zero-order chi connectivity index (χ0) is 11.1. The van der Waals surface area contributed by atoms with Crippen molar-refractivity contribution >= 4 is 5.97 Å². The second-order valence-corrected chi connectivity index (χ2v) is 2.42. The van der Waals surface area contributed by atoms with E-state index in [-0.39, 0.29) is 5.70 Å². The van der Waals surface area contributed by atoms with Crippen molar-refractivity contribution in [3.05, 3.63) is 46.4 Å².